The van der Waals surface area contributed by atoms with Crippen molar-refractivity contribution in [2.24, 2.45) is 0 Å². The molecule has 1 fully saturated rings. The third-order valence-corrected chi connectivity index (χ3v) is 3.54. The maximum Gasteiger partial charge on any atom is 0.332 e. The molecule has 0 spiro atoms. The number of nitrogens with one attached hydrogen (secondary N) is 2. The van der Waals surface area contributed by atoms with Crippen LogP contribution in [-0.2, 0) is 4.74 Å². The van der Waals surface area contributed by atoms with Gasteiger partial charge in [-0.3, -0.25) is 10.1 Å². The van der Waals surface area contributed by atoms with Gasteiger partial charge in [-0.15, -0.1) is 0 Å². The van der Waals surface area contributed by atoms with E-state index in [4.69, 9.17) is 4.74 Å². The highest BCUT2D eigenvalue weighted by Crippen LogP contribution is 2.31. The summed E-state index contributed by atoms with van der Waals surface area (Å²) in [6.07, 6.45) is 2.95. The Labute approximate surface area is 117 Å². The highest BCUT2D eigenvalue weighted by Gasteiger charge is 2.31. The summed E-state index contributed by atoms with van der Waals surface area (Å²) in [5.41, 5.74) is 0.259. The highest BCUT2D eigenvalue weighted by molar-refractivity contribution is 5.61. The molecule has 2 unspecified atom stereocenters. The number of hydrogen-bond acceptors (Lipinski definition) is 7. The summed E-state index contributed by atoms with van der Waals surface area (Å²) < 4.78 is 5.39. The van der Waals surface area contributed by atoms with E-state index >= 15 is 0 Å². The van der Waals surface area contributed by atoms with E-state index in [1.54, 1.807) is 21.1 Å². The van der Waals surface area contributed by atoms with Crippen molar-refractivity contribution < 1.29 is 9.66 Å². The van der Waals surface area contributed by atoms with E-state index in [9.17, 15) is 10.1 Å². The quantitative estimate of drug-likeness (QED) is 0.625. The van der Waals surface area contributed by atoms with Crippen LogP contribution in [0.2, 0.25) is 0 Å². The van der Waals surface area contributed by atoms with Gasteiger partial charge in [-0.2, -0.15) is 4.98 Å². The van der Waals surface area contributed by atoms with Crippen LogP contribution in [0.25, 0.3) is 0 Å². The van der Waals surface area contributed by atoms with Crippen LogP contribution in [0.5, 0.6) is 0 Å². The fraction of sp³-hybridized carbons (Fsp3) is 0.667. The van der Waals surface area contributed by atoms with Crippen molar-refractivity contribution in [2.75, 3.05) is 24.8 Å². The molecule has 1 saturated carbocycles. The van der Waals surface area contributed by atoms with E-state index in [1.807, 2.05) is 0 Å². The predicted octanol–water partition coefficient (Wildman–Crippen LogP) is 1.71. The first-order chi connectivity index (χ1) is 9.56. The van der Waals surface area contributed by atoms with Crippen LogP contribution in [-0.4, -0.2) is 41.2 Å². The standard InChI is InChI=1S/C12H19N5O3/c1-7-10(17(18)19)11(16-12(13-2)14-7)15-8-5-4-6-9(8)20-3/h8-9H,4-6H2,1-3H3,(H2,13,14,15,16). The summed E-state index contributed by atoms with van der Waals surface area (Å²) in [5.74, 6) is 0.614. The Morgan fingerprint density at radius 2 is 2.15 bits per heavy atom. The Morgan fingerprint density at radius 1 is 1.40 bits per heavy atom. The fourth-order valence-electron chi connectivity index (χ4n) is 2.55. The number of anilines is 2. The number of rotatable bonds is 5. The molecule has 8 nitrogen and oxygen atoms in total. The first kappa shape index (κ1) is 14.4. The van der Waals surface area contributed by atoms with Gasteiger partial charge in [-0.05, 0) is 26.2 Å². The minimum absolute atomic E-state index is 0.0395. The minimum atomic E-state index is -0.451. The normalized spacial score (nSPS) is 21.8. The zero-order chi connectivity index (χ0) is 14.7. The van der Waals surface area contributed by atoms with Crippen LogP contribution in [0, 0.1) is 17.0 Å². The monoisotopic (exact) mass is 281 g/mol. The van der Waals surface area contributed by atoms with E-state index < -0.39 is 4.92 Å². The maximum atomic E-state index is 11.2. The van der Waals surface area contributed by atoms with Crippen molar-refractivity contribution >= 4 is 17.5 Å². The van der Waals surface area contributed by atoms with Crippen molar-refractivity contribution in [1.29, 1.82) is 0 Å². The number of methoxy groups -OCH3 is 1. The Kier molecular flexibility index (Phi) is 4.33. The van der Waals surface area contributed by atoms with Crippen LogP contribution in [0.4, 0.5) is 17.5 Å². The Morgan fingerprint density at radius 3 is 2.75 bits per heavy atom. The number of nitrogens with zero attached hydrogens (tertiary/aromatic N) is 3. The fourth-order valence-corrected chi connectivity index (χ4v) is 2.55. The Bertz CT molecular complexity index is 508. The van der Waals surface area contributed by atoms with Crippen molar-refractivity contribution in [3.63, 3.8) is 0 Å². The zero-order valence-electron chi connectivity index (χ0n) is 11.8. The first-order valence-corrected chi connectivity index (χ1v) is 6.57. The molecule has 1 aromatic heterocycles. The van der Waals surface area contributed by atoms with Gasteiger partial charge in [0, 0.05) is 14.2 Å². The smallest absolute Gasteiger partial charge is 0.332 e. The Hall–Kier alpha value is -1.96. The van der Waals surface area contributed by atoms with E-state index in [0.29, 0.717) is 11.6 Å². The average molecular weight is 281 g/mol. The number of nitro groups is 1. The minimum Gasteiger partial charge on any atom is -0.379 e. The van der Waals surface area contributed by atoms with Crippen molar-refractivity contribution in [3.05, 3.63) is 15.8 Å². The van der Waals surface area contributed by atoms with Gasteiger partial charge in [0.1, 0.15) is 5.69 Å². The molecule has 2 atom stereocenters. The molecule has 0 saturated heterocycles. The lowest BCUT2D eigenvalue weighted by Gasteiger charge is -2.20. The van der Waals surface area contributed by atoms with Gasteiger partial charge >= 0.3 is 5.69 Å². The second kappa shape index (κ2) is 6.00. The molecule has 20 heavy (non-hydrogen) atoms. The lowest BCUT2D eigenvalue weighted by molar-refractivity contribution is -0.385. The number of aromatic nitrogens is 2. The summed E-state index contributed by atoms with van der Waals surface area (Å²) >= 11 is 0. The van der Waals surface area contributed by atoms with Crippen molar-refractivity contribution in [2.45, 2.75) is 38.3 Å². The molecular weight excluding hydrogens is 262 g/mol. The third-order valence-electron chi connectivity index (χ3n) is 3.54. The predicted molar refractivity (Wildman–Crippen MR) is 75.0 cm³/mol. The molecule has 0 aromatic carbocycles. The van der Waals surface area contributed by atoms with Gasteiger partial charge in [0.25, 0.3) is 0 Å². The summed E-state index contributed by atoms with van der Waals surface area (Å²) in [6.45, 7) is 1.61. The molecule has 0 radical (unpaired) electrons. The molecular formula is C12H19N5O3. The molecule has 0 amide bonds. The zero-order valence-corrected chi connectivity index (χ0v) is 11.8. The highest BCUT2D eigenvalue weighted by atomic mass is 16.6. The third kappa shape index (κ3) is 2.79. The molecule has 1 aliphatic carbocycles. The summed E-state index contributed by atoms with van der Waals surface area (Å²) in [4.78, 5) is 19.0. The summed E-state index contributed by atoms with van der Waals surface area (Å²) in [6, 6.07) is 0.0395. The number of hydrogen-bond donors (Lipinski definition) is 2. The molecule has 2 N–H and O–H groups in total. The maximum absolute atomic E-state index is 11.2. The molecule has 1 heterocycles. The molecule has 1 aliphatic rings. The number of aryl methyl sites for hydroxylation is 1. The largest absolute Gasteiger partial charge is 0.379 e. The van der Waals surface area contributed by atoms with Gasteiger partial charge < -0.3 is 15.4 Å². The second-order valence-electron chi connectivity index (χ2n) is 4.79. The van der Waals surface area contributed by atoms with Gasteiger partial charge in [0.15, 0.2) is 0 Å². The molecule has 1 aromatic rings. The molecule has 0 aliphatic heterocycles. The van der Waals surface area contributed by atoms with Crippen LogP contribution in [0.1, 0.15) is 25.0 Å². The molecule has 2 rings (SSSR count). The van der Waals surface area contributed by atoms with Crippen LogP contribution >= 0.6 is 0 Å². The van der Waals surface area contributed by atoms with Gasteiger partial charge in [0.2, 0.25) is 11.8 Å². The van der Waals surface area contributed by atoms with Gasteiger partial charge in [-0.25, -0.2) is 4.98 Å². The molecule has 0 bridgehead atoms. The molecule has 8 heteroatoms. The van der Waals surface area contributed by atoms with Crippen LogP contribution in [0.15, 0.2) is 0 Å². The van der Waals surface area contributed by atoms with Crippen molar-refractivity contribution in [1.82, 2.24) is 9.97 Å². The van der Waals surface area contributed by atoms with Gasteiger partial charge in [0.05, 0.1) is 17.1 Å². The van der Waals surface area contributed by atoms with Crippen LogP contribution < -0.4 is 10.6 Å². The SMILES string of the molecule is CNc1nc(C)c([N+](=O)[O-])c(NC2CCCC2OC)n1. The van der Waals surface area contributed by atoms with E-state index in [2.05, 4.69) is 20.6 Å². The lowest BCUT2D eigenvalue weighted by atomic mass is 10.2. The van der Waals surface area contributed by atoms with Gasteiger partial charge in [-0.1, -0.05) is 0 Å². The summed E-state index contributed by atoms with van der Waals surface area (Å²) in [5, 5.41) is 17.2. The summed E-state index contributed by atoms with van der Waals surface area (Å²) in [7, 11) is 3.33. The second-order valence-corrected chi connectivity index (χ2v) is 4.79. The van der Waals surface area contributed by atoms with Crippen molar-refractivity contribution in [3.8, 4) is 0 Å². The van der Waals surface area contributed by atoms with E-state index in [-0.39, 0.29) is 23.7 Å². The van der Waals surface area contributed by atoms with E-state index in [0.717, 1.165) is 19.3 Å². The lowest BCUT2D eigenvalue weighted by Crippen LogP contribution is -2.30. The number of ether oxygens (including phenoxy) is 1. The Balaban J connectivity index is 2.33. The molecule has 110 valence electrons. The average Bonchev–Trinajstić information content (AvgIpc) is 2.84. The van der Waals surface area contributed by atoms with E-state index in [1.165, 1.54) is 0 Å². The topological polar surface area (TPSA) is 102 Å². The first-order valence-electron chi connectivity index (χ1n) is 6.57. The van der Waals surface area contributed by atoms with Crippen LogP contribution in [0.3, 0.4) is 0 Å².